The molecule has 35 heavy (non-hydrogen) atoms. The van der Waals surface area contributed by atoms with Gasteiger partial charge in [0.05, 0.1) is 21.0 Å². The summed E-state index contributed by atoms with van der Waals surface area (Å²) in [6, 6.07) is 9.34. The number of benzene rings is 1. The van der Waals surface area contributed by atoms with Crippen LogP contribution in [0.25, 0.3) is 15.8 Å². The predicted octanol–water partition coefficient (Wildman–Crippen LogP) is 5.75. The highest BCUT2D eigenvalue weighted by atomic mass is 35.5. The third-order valence-electron chi connectivity index (χ3n) is 6.04. The van der Waals surface area contributed by atoms with Crippen molar-refractivity contribution in [2.45, 2.75) is 37.3 Å². The van der Waals surface area contributed by atoms with E-state index < -0.39 is 10.0 Å². The van der Waals surface area contributed by atoms with Crippen molar-refractivity contribution in [2.24, 2.45) is 5.92 Å². The number of sulfonamides is 1. The first-order valence-corrected chi connectivity index (χ1v) is 15.0. The molecule has 0 radical (unpaired) electrons. The molecule has 186 valence electrons. The number of amides is 1. The normalized spacial score (nSPS) is 16.4. The highest BCUT2D eigenvalue weighted by molar-refractivity contribution is 7.91. The van der Waals surface area contributed by atoms with Crippen LogP contribution in [0.15, 0.2) is 52.8 Å². The van der Waals surface area contributed by atoms with Gasteiger partial charge in [0.1, 0.15) is 9.22 Å². The lowest BCUT2D eigenvalue weighted by molar-refractivity contribution is -0.120. The molecule has 1 amide bonds. The van der Waals surface area contributed by atoms with Crippen LogP contribution in [0.3, 0.4) is 0 Å². The van der Waals surface area contributed by atoms with Gasteiger partial charge in [0.15, 0.2) is 0 Å². The maximum absolute atomic E-state index is 12.8. The number of carbonyl (C=O) groups excluding carboxylic acids is 1. The van der Waals surface area contributed by atoms with Gasteiger partial charge in [0.25, 0.3) is 10.0 Å². The summed E-state index contributed by atoms with van der Waals surface area (Å²) < 4.78 is 28.8. The summed E-state index contributed by atoms with van der Waals surface area (Å²) in [5.74, 6) is 0.191. The lowest BCUT2D eigenvalue weighted by Crippen LogP contribution is -2.41. The standard InChI is InChI=1S/C25H28ClN3O3S3/c1-3-5-18(4-2)19-6-7-20-21(14-19)33-24(28-20)15-23(30)27-16-17-10-12-29(13-11-17)35(31,32)25-9-8-22(26)34-25/h3-9,14,17H,10-13,15-16H2,1-2H3,(H,27,30)/b5-3-,18-4+. The van der Waals surface area contributed by atoms with Crippen LogP contribution >= 0.6 is 34.3 Å². The number of aromatic nitrogens is 1. The fraction of sp³-hybridized carbons (Fsp3) is 0.360. The number of hydrogen-bond donors (Lipinski definition) is 1. The highest BCUT2D eigenvalue weighted by Crippen LogP contribution is 2.31. The molecule has 1 aromatic carbocycles. The Labute approximate surface area is 219 Å². The van der Waals surface area contributed by atoms with E-state index >= 15 is 0 Å². The Morgan fingerprint density at radius 2 is 1.97 bits per heavy atom. The lowest BCUT2D eigenvalue weighted by Gasteiger charge is -2.30. The van der Waals surface area contributed by atoms with Crippen molar-refractivity contribution in [1.82, 2.24) is 14.6 Å². The zero-order valence-corrected chi connectivity index (χ0v) is 22.9. The van der Waals surface area contributed by atoms with Gasteiger partial charge in [-0.1, -0.05) is 35.9 Å². The van der Waals surface area contributed by atoms with Crippen molar-refractivity contribution in [3.8, 4) is 0 Å². The van der Waals surface area contributed by atoms with E-state index in [0.717, 1.165) is 37.7 Å². The zero-order valence-electron chi connectivity index (χ0n) is 19.7. The monoisotopic (exact) mass is 549 g/mol. The minimum atomic E-state index is -3.50. The minimum absolute atomic E-state index is 0.0596. The van der Waals surface area contributed by atoms with Crippen LogP contribution in [0.2, 0.25) is 4.34 Å². The average molecular weight is 550 g/mol. The first-order chi connectivity index (χ1) is 16.8. The number of rotatable bonds is 8. The van der Waals surface area contributed by atoms with Crippen molar-refractivity contribution >= 4 is 66.0 Å². The molecule has 1 saturated heterocycles. The molecule has 4 rings (SSSR count). The summed E-state index contributed by atoms with van der Waals surface area (Å²) in [7, 11) is -3.50. The summed E-state index contributed by atoms with van der Waals surface area (Å²) in [6.07, 6.45) is 7.84. The van der Waals surface area contributed by atoms with Crippen molar-refractivity contribution in [1.29, 1.82) is 0 Å². The Kier molecular flexibility index (Phi) is 8.44. The fourth-order valence-electron chi connectivity index (χ4n) is 4.14. The summed E-state index contributed by atoms with van der Waals surface area (Å²) >= 11 is 8.53. The Hall–Kier alpha value is -2.04. The molecule has 0 atom stereocenters. The van der Waals surface area contributed by atoms with E-state index in [4.69, 9.17) is 11.6 Å². The van der Waals surface area contributed by atoms with Crippen LogP contribution < -0.4 is 5.32 Å². The highest BCUT2D eigenvalue weighted by Gasteiger charge is 2.30. The van der Waals surface area contributed by atoms with E-state index in [2.05, 4.69) is 34.6 Å². The van der Waals surface area contributed by atoms with Gasteiger partial charge in [-0.05, 0) is 68.0 Å². The second-order valence-corrected chi connectivity index (χ2v) is 13.4. The zero-order chi connectivity index (χ0) is 25.0. The van der Waals surface area contributed by atoms with Gasteiger partial charge < -0.3 is 5.32 Å². The number of nitrogens with zero attached hydrogens (tertiary/aromatic N) is 2. The molecule has 10 heteroatoms. The number of hydrogen-bond acceptors (Lipinski definition) is 6. The van der Waals surface area contributed by atoms with Crippen LogP contribution in [0.5, 0.6) is 0 Å². The van der Waals surface area contributed by atoms with E-state index in [9.17, 15) is 13.2 Å². The van der Waals surface area contributed by atoms with Gasteiger partial charge in [-0.3, -0.25) is 4.79 Å². The molecule has 0 spiro atoms. The molecule has 0 saturated carbocycles. The number of carbonyl (C=O) groups is 1. The van der Waals surface area contributed by atoms with E-state index in [0.29, 0.717) is 36.8 Å². The molecule has 2 aromatic heterocycles. The maximum atomic E-state index is 12.8. The second kappa shape index (κ2) is 11.3. The molecule has 1 aliphatic heterocycles. The Bertz CT molecular complexity index is 1370. The first kappa shape index (κ1) is 26.0. The number of allylic oxidation sites excluding steroid dienone is 4. The Morgan fingerprint density at radius 3 is 2.63 bits per heavy atom. The number of nitrogens with one attached hydrogen (secondary N) is 1. The van der Waals surface area contributed by atoms with Crippen molar-refractivity contribution in [2.75, 3.05) is 19.6 Å². The summed E-state index contributed by atoms with van der Waals surface area (Å²) in [5, 5.41) is 3.81. The smallest absolute Gasteiger partial charge is 0.252 e. The molecule has 0 aliphatic carbocycles. The van der Waals surface area contributed by atoms with Crippen LogP contribution in [0.4, 0.5) is 0 Å². The van der Waals surface area contributed by atoms with Gasteiger partial charge in [0, 0.05) is 19.6 Å². The number of thiazole rings is 1. The third kappa shape index (κ3) is 6.21. The Morgan fingerprint density at radius 1 is 1.20 bits per heavy atom. The van der Waals surface area contributed by atoms with Gasteiger partial charge in [-0.15, -0.1) is 22.7 Å². The van der Waals surface area contributed by atoms with E-state index in [1.807, 2.05) is 26.0 Å². The van der Waals surface area contributed by atoms with Gasteiger partial charge >= 0.3 is 0 Å². The number of piperidine rings is 1. The molecule has 3 heterocycles. The molecule has 6 nitrogen and oxygen atoms in total. The molecule has 1 fully saturated rings. The van der Waals surface area contributed by atoms with E-state index in [1.54, 1.807) is 23.5 Å². The summed E-state index contributed by atoms with van der Waals surface area (Å²) in [5.41, 5.74) is 3.19. The quantitative estimate of drug-likeness (QED) is 0.363. The minimum Gasteiger partial charge on any atom is -0.355 e. The van der Waals surface area contributed by atoms with Crippen LogP contribution in [-0.2, 0) is 21.2 Å². The molecule has 0 bridgehead atoms. The third-order valence-corrected chi connectivity index (χ3v) is 10.7. The average Bonchev–Trinajstić information content (AvgIpc) is 3.47. The van der Waals surface area contributed by atoms with Crippen LogP contribution in [0, 0.1) is 5.92 Å². The van der Waals surface area contributed by atoms with Gasteiger partial charge in [0.2, 0.25) is 5.91 Å². The van der Waals surface area contributed by atoms with E-state index in [-0.39, 0.29) is 22.5 Å². The fourth-order valence-corrected chi connectivity index (χ4v) is 8.25. The lowest BCUT2D eigenvalue weighted by atomic mass is 9.98. The molecule has 1 aliphatic rings. The number of halogens is 1. The van der Waals surface area contributed by atoms with E-state index in [1.165, 1.54) is 4.31 Å². The first-order valence-electron chi connectivity index (χ1n) is 11.5. The SMILES string of the molecule is C/C=C\C(=C/C)c1ccc2nc(CC(=O)NCC3CCN(S(=O)(=O)c4ccc(Cl)s4)CC3)sc2c1. The Balaban J connectivity index is 1.29. The van der Waals surface area contributed by atoms with Crippen molar-refractivity contribution in [3.05, 3.63) is 63.5 Å². The van der Waals surface area contributed by atoms with Crippen molar-refractivity contribution in [3.63, 3.8) is 0 Å². The largest absolute Gasteiger partial charge is 0.355 e. The van der Waals surface area contributed by atoms with Crippen LogP contribution in [0.1, 0.15) is 37.3 Å². The van der Waals surface area contributed by atoms with Gasteiger partial charge in [-0.2, -0.15) is 4.31 Å². The van der Waals surface area contributed by atoms with Crippen LogP contribution in [-0.4, -0.2) is 43.2 Å². The summed E-state index contributed by atoms with van der Waals surface area (Å²) in [4.78, 5) is 17.2. The number of thiophene rings is 1. The molecule has 0 unspecified atom stereocenters. The maximum Gasteiger partial charge on any atom is 0.252 e. The molecular weight excluding hydrogens is 522 g/mol. The molecular formula is C25H28ClN3O3S3. The molecule has 1 N–H and O–H groups in total. The second-order valence-electron chi connectivity index (χ2n) is 8.42. The number of fused-ring (bicyclic) bond motifs is 1. The van der Waals surface area contributed by atoms with Gasteiger partial charge in [-0.25, -0.2) is 13.4 Å². The topological polar surface area (TPSA) is 79.4 Å². The predicted molar refractivity (Wildman–Crippen MR) is 146 cm³/mol. The molecule has 3 aromatic rings. The summed E-state index contributed by atoms with van der Waals surface area (Å²) in [6.45, 7) is 5.45. The van der Waals surface area contributed by atoms with Crippen molar-refractivity contribution < 1.29 is 13.2 Å².